The highest BCUT2D eigenvalue weighted by Crippen LogP contribution is 2.69. The number of Topliss-reactive ketones (excluding diaryl/α,β-unsaturated/α-hetero) is 2. The molecule has 3 saturated carbocycles. The smallest absolute Gasteiger partial charge is 0.303 e. The Balaban J connectivity index is 1.71. The summed E-state index contributed by atoms with van der Waals surface area (Å²) in [5.74, 6) is 2.45. The van der Waals surface area contributed by atoms with E-state index in [9.17, 15) is 14.4 Å². The Morgan fingerprint density at radius 2 is 1.73 bits per heavy atom. The van der Waals surface area contributed by atoms with Crippen LogP contribution in [0.5, 0.6) is 0 Å². The molecule has 0 aromatic carbocycles. The largest absolute Gasteiger partial charge is 0.451 e. The lowest BCUT2D eigenvalue weighted by molar-refractivity contribution is -0.187. The van der Waals surface area contributed by atoms with Crippen molar-refractivity contribution < 1.29 is 19.1 Å². The molecule has 30 heavy (non-hydrogen) atoms. The maximum Gasteiger partial charge on any atom is 0.303 e. The number of fused-ring (bicyclic) bond motifs is 5. The number of hydrogen-bond donors (Lipinski definition) is 0. The van der Waals surface area contributed by atoms with E-state index in [1.54, 1.807) is 18.7 Å². The summed E-state index contributed by atoms with van der Waals surface area (Å²) in [5, 5.41) is 0. The Hall–Kier alpha value is -1.10. The van der Waals surface area contributed by atoms with Crippen LogP contribution in [0.4, 0.5) is 0 Å². The van der Waals surface area contributed by atoms with Crippen LogP contribution in [-0.4, -0.2) is 28.9 Å². The molecule has 0 amide bonds. The van der Waals surface area contributed by atoms with Gasteiger partial charge in [0.1, 0.15) is 0 Å². The number of hydrogen-bond acceptors (Lipinski definition) is 5. The van der Waals surface area contributed by atoms with Crippen molar-refractivity contribution in [2.75, 3.05) is 5.75 Å². The zero-order valence-electron chi connectivity index (χ0n) is 19.1. The fourth-order valence-electron chi connectivity index (χ4n) is 8.04. The van der Waals surface area contributed by atoms with Crippen molar-refractivity contribution in [2.45, 2.75) is 91.6 Å². The number of thioether (sulfide) groups is 1. The first kappa shape index (κ1) is 22.1. The Bertz CT molecular complexity index is 816. The van der Waals surface area contributed by atoms with E-state index in [4.69, 9.17) is 4.74 Å². The average molecular weight is 433 g/mol. The number of ether oxygens (including phenoxy) is 1. The number of ketones is 2. The molecule has 0 aliphatic heterocycles. The third kappa shape index (κ3) is 2.90. The number of carbonyl (C=O) groups is 3. The third-order valence-corrected chi connectivity index (χ3v) is 10.4. The molecule has 4 rings (SSSR count). The lowest BCUT2D eigenvalue weighted by Crippen LogP contribution is -2.58. The SMILES string of the molecule is CCSC1=C2CC[C@@H]3[C@H](CC[C@@]4(C)[C@H]3CC[C@]4(OC(C)=O)C(C)=O)[C@@]2(C)CCC1=O. The first-order valence-corrected chi connectivity index (χ1v) is 12.7. The van der Waals surface area contributed by atoms with E-state index in [-0.39, 0.29) is 22.6 Å². The van der Waals surface area contributed by atoms with E-state index < -0.39 is 5.60 Å². The van der Waals surface area contributed by atoms with Crippen molar-refractivity contribution >= 4 is 29.3 Å². The highest BCUT2D eigenvalue weighted by molar-refractivity contribution is 8.04. The Labute approximate surface area is 185 Å². The predicted molar refractivity (Wildman–Crippen MR) is 119 cm³/mol. The molecule has 166 valence electrons. The van der Waals surface area contributed by atoms with Crippen molar-refractivity contribution in [3.05, 3.63) is 10.5 Å². The van der Waals surface area contributed by atoms with Crippen LogP contribution in [0.15, 0.2) is 10.5 Å². The third-order valence-electron chi connectivity index (χ3n) is 9.37. The second-order valence-corrected chi connectivity index (χ2v) is 11.7. The van der Waals surface area contributed by atoms with Crippen LogP contribution in [0, 0.1) is 28.6 Å². The Kier molecular flexibility index (Phi) is 5.52. The maximum atomic E-state index is 12.8. The molecule has 4 nitrogen and oxygen atoms in total. The molecule has 0 aromatic heterocycles. The van der Waals surface area contributed by atoms with Gasteiger partial charge < -0.3 is 4.74 Å². The summed E-state index contributed by atoms with van der Waals surface area (Å²) in [6.45, 7) is 9.78. The van der Waals surface area contributed by atoms with Crippen LogP contribution < -0.4 is 0 Å². The van der Waals surface area contributed by atoms with E-state index >= 15 is 0 Å². The predicted octanol–water partition coefficient (Wildman–Crippen LogP) is 5.49. The number of allylic oxidation sites excluding steroid dienone is 1. The lowest BCUT2D eigenvalue weighted by Gasteiger charge is -2.59. The topological polar surface area (TPSA) is 60.4 Å². The van der Waals surface area contributed by atoms with Crippen molar-refractivity contribution in [1.29, 1.82) is 0 Å². The first-order valence-electron chi connectivity index (χ1n) is 11.7. The van der Waals surface area contributed by atoms with Crippen molar-refractivity contribution in [3.63, 3.8) is 0 Å². The van der Waals surface area contributed by atoms with Crippen LogP contribution in [0.1, 0.15) is 86.0 Å². The number of carbonyl (C=O) groups excluding carboxylic acids is 3. The monoisotopic (exact) mass is 432 g/mol. The van der Waals surface area contributed by atoms with Gasteiger partial charge in [-0.15, -0.1) is 11.8 Å². The number of rotatable bonds is 4. The van der Waals surface area contributed by atoms with Gasteiger partial charge in [0, 0.05) is 18.8 Å². The molecule has 5 heteroatoms. The summed E-state index contributed by atoms with van der Waals surface area (Å²) in [6.07, 6.45) is 7.28. The molecular formula is C25H36O4S. The molecule has 0 heterocycles. The van der Waals surface area contributed by atoms with E-state index in [1.807, 2.05) is 0 Å². The molecule has 0 N–H and O–H groups in total. The molecule has 0 bridgehead atoms. The molecule has 4 aliphatic rings. The van der Waals surface area contributed by atoms with Crippen LogP contribution >= 0.6 is 11.8 Å². The molecule has 0 saturated heterocycles. The summed E-state index contributed by atoms with van der Waals surface area (Å²) in [7, 11) is 0. The summed E-state index contributed by atoms with van der Waals surface area (Å²) in [4.78, 5) is 38.5. The fourth-order valence-corrected chi connectivity index (χ4v) is 9.10. The van der Waals surface area contributed by atoms with Gasteiger partial charge in [0.2, 0.25) is 0 Å². The summed E-state index contributed by atoms with van der Waals surface area (Å²) < 4.78 is 5.86. The highest BCUT2D eigenvalue weighted by atomic mass is 32.2. The van der Waals surface area contributed by atoms with E-state index in [0.29, 0.717) is 36.4 Å². The van der Waals surface area contributed by atoms with Gasteiger partial charge in [-0.05, 0) is 86.4 Å². The number of esters is 1. The molecule has 0 radical (unpaired) electrons. The summed E-state index contributed by atoms with van der Waals surface area (Å²) in [6, 6.07) is 0. The van der Waals surface area contributed by atoms with Crippen molar-refractivity contribution in [2.24, 2.45) is 28.6 Å². The van der Waals surface area contributed by atoms with Gasteiger partial charge in [-0.2, -0.15) is 0 Å². The zero-order valence-corrected chi connectivity index (χ0v) is 20.0. The van der Waals surface area contributed by atoms with Crippen LogP contribution in [0.2, 0.25) is 0 Å². The van der Waals surface area contributed by atoms with Gasteiger partial charge in [-0.25, -0.2) is 0 Å². The molecule has 4 aliphatic carbocycles. The van der Waals surface area contributed by atoms with E-state index in [1.165, 1.54) is 12.5 Å². The molecule has 0 spiro atoms. The second-order valence-electron chi connectivity index (χ2n) is 10.5. The minimum atomic E-state index is -0.961. The Morgan fingerprint density at radius 3 is 2.37 bits per heavy atom. The average Bonchev–Trinajstić information content (AvgIpc) is 2.97. The van der Waals surface area contributed by atoms with Gasteiger partial charge >= 0.3 is 5.97 Å². The van der Waals surface area contributed by atoms with Gasteiger partial charge in [-0.3, -0.25) is 14.4 Å². The van der Waals surface area contributed by atoms with Crippen LogP contribution in [-0.2, 0) is 19.1 Å². The van der Waals surface area contributed by atoms with E-state index in [0.717, 1.165) is 49.2 Å². The summed E-state index contributed by atoms with van der Waals surface area (Å²) in [5.41, 5.74) is 0.274. The first-order chi connectivity index (χ1) is 14.1. The molecule has 3 fully saturated rings. The quantitative estimate of drug-likeness (QED) is 0.550. The van der Waals surface area contributed by atoms with Gasteiger partial charge in [0.25, 0.3) is 0 Å². The maximum absolute atomic E-state index is 12.8. The van der Waals surface area contributed by atoms with Gasteiger partial charge in [0.05, 0.1) is 4.91 Å². The van der Waals surface area contributed by atoms with Crippen molar-refractivity contribution in [1.82, 2.24) is 0 Å². The zero-order chi connectivity index (χ0) is 21.9. The van der Waals surface area contributed by atoms with Crippen LogP contribution in [0.25, 0.3) is 0 Å². The van der Waals surface area contributed by atoms with Crippen LogP contribution in [0.3, 0.4) is 0 Å². The minimum Gasteiger partial charge on any atom is -0.451 e. The molecule has 6 atom stereocenters. The van der Waals surface area contributed by atoms with Crippen molar-refractivity contribution in [3.8, 4) is 0 Å². The van der Waals surface area contributed by atoms with Gasteiger partial charge in [-0.1, -0.05) is 20.8 Å². The molecular weight excluding hydrogens is 396 g/mol. The minimum absolute atomic E-state index is 0.00801. The standard InChI is InChI=1S/C25H36O4S/c1-6-30-22-20-8-7-17-18(23(20,4)12-11-21(22)28)9-13-24(5)19(17)10-14-25(24,15(2)26)29-16(3)27/h17-19H,6-14H2,1-5H3/t17-,18+,19+,23-,24+,25+/m1/s1. The lowest BCUT2D eigenvalue weighted by atomic mass is 9.46. The Morgan fingerprint density at radius 1 is 1.03 bits per heavy atom. The normalized spacial score (nSPS) is 43.0. The van der Waals surface area contributed by atoms with Gasteiger partial charge in [0.15, 0.2) is 17.2 Å². The highest BCUT2D eigenvalue weighted by Gasteiger charge is 2.67. The molecule has 0 aromatic rings. The summed E-state index contributed by atoms with van der Waals surface area (Å²) >= 11 is 1.74. The molecule has 0 unspecified atom stereocenters. The van der Waals surface area contributed by atoms with E-state index in [2.05, 4.69) is 20.8 Å². The fraction of sp³-hybridized carbons (Fsp3) is 0.800. The second kappa shape index (κ2) is 7.50.